The summed E-state index contributed by atoms with van der Waals surface area (Å²) < 4.78 is 13.1. The maximum Gasteiger partial charge on any atom is 0.224 e. The van der Waals surface area contributed by atoms with Crippen LogP contribution in [0.4, 0.5) is 10.1 Å². The number of fused-ring (bicyclic) bond motifs is 1. The molecule has 2 nitrogen and oxygen atoms in total. The van der Waals surface area contributed by atoms with Gasteiger partial charge in [0.25, 0.3) is 0 Å². The smallest absolute Gasteiger partial charge is 0.224 e. The summed E-state index contributed by atoms with van der Waals surface area (Å²) in [5, 5.41) is 2.81. The fourth-order valence-corrected chi connectivity index (χ4v) is 1.83. The van der Waals surface area contributed by atoms with E-state index in [9.17, 15) is 9.18 Å². The number of benzene rings is 1. The van der Waals surface area contributed by atoms with E-state index in [1.54, 1.807) is 0 Å². The van der Waals surface area contributed by atoms with E-state index in [1.807, 2.05) is 6.92 Å². The van der Waals surface area contributed by atoms with Crippen LogP contribution in [0.3, 0.4) is 0 Å². The molecule has 0 atom stereocenters. The molecule has 0 aliphatic carbocycles. The lowest BCUT2D eigenvalue weighted by atomic mass is 10.0. The first-order valence-electron chi connectivity index (χ1n) is 4.75. The van der Waals surface area contributed by atoms with E-state index in [2.05, 4.69) is 5.32 Å². The first-order valence-corrected chi connectivity index (χ1v) is 4.75. The van der Waals surface area contributed by atoms with Crippen LogP contribution >= 0.6 is 0 Å². The summed E-state index contributed by atoms with van der Waals surface area (Å²) in [6, 6.07) is 2.96. The molecule has 0 spiro atoms. The normalized spacial score (nSPS) is 15.7. The molecular weight excluding hydrogens is 181 g/mol. The predicted octanol–water partition coefficient (Wildman–Crippen LogP) is 2.41. The summed E-state index contributed by atoms with van der Waals surface area (Å²) >= 11 is 0. The number of nitrogens with one attached hydrogen (secondary N) is 1. The zero-order valence-corrected chi connectivity index (χ0v) is 8.06. The van der Waals surface area contributed by atoms with E-state index < -0.39 is 0 Å². The number of rotatable bonds is 0. The highest BCUT2D eigenvalue weighted by Gasteiger charge is 2.15. The van der Waals surface area contributed by atoms with E-state index in [-0.39, 0.29) is 11.7 Å². The summed E-state index contributed by atoms with van der Waals surface area (Å²) in [7, 11) is 0. The van der Waals surface area contributed by atoms with Gasteiger partial charge in [0.1, 0.15) is 5.82 Å². The van der Waals surface area contributed by atoms with Crippen molar-refractivity contribution >= 4 is 11.6 Å². The monoisotopic (exact) mass is 193 g/mol. The first kappa shape index (κ1) is 9.19. The van der Waals surface area contributed by atoms with E-state index in [0.29, 0.717) is 6.42 Å². The quantitative estimate of drug-likeness (QED) is 0.673. The second-order valence-electron chi connectivity index (χ2n) is 3.66. The SMILES string of the molecule is Cc1cc(F)cc2c1NC(=O)CCC2. The van der Waals surface area contributed by atoms with Crippen LogP contribution in [0.1, 0.15) is 24.0 Å². The molecule has 1 aliphatic heterocycles. The van der Waals surface area contributed by atoms with Crippen molar-refractivity contribution in [2.24, 2.45) is 0 Å². The Hall–Kier alpha value is -1.38. The Morgan fingerprint density at radius 3 is 2.93 bits per heavy atom. The van der Waals surface area contributed by atoms with Crippen molar-refractivity contribution in [3.63, 3.8) is 0 Å². The van der Waals surface area contributed by atoms with E-state index >= 15 is 0 Å². The van der Waals surface area contributed by atoms with Crippen molar-refractivity contribution in [3.05, 3.63) is 29.1 Å². The van der Waals surface area contributed by atoms with Gasteiger partial charge >= 0.3 is 0 Å². The molecule has 0 fully saturated rings. The zero-order chi connectivity index (χ0) is 10.1. The van der Waals surface area contributed by atoms with Crippen LogP contribution < -0.4 is 5.32 Å². The van der Waals surface area contributed by atoms with Gasteiger partial charge in [-0.1, -0.05) is 0 Å². The lowest BCUT2D eigenvalue weighted by Gasteiger charge is -2.09. The van der Waals surface area contributed by atoms with Gasteiger partial charge in [-0.3, -0.25) is 4.79 Å². The van der Waals surface area contributed by atoms with Gasteiger partial charge in [0.2, 0.25) is 5.91 Å². The van der Waals surface area contributed by atoms with Gasteiger partial charge < -0.3 is 5.32 Å². The minimum Gasteiger partial charge on any atom is -0.326 e. The lowest BCUT2D eigenvalue weighted by Crippen LogP contribution is -2.10. The minimum atomic E-state index is -0.225. The number of hydrogen-bond acceptors (Lipinski definition) is 1. The molecule has 0 unspecified atom stereocenters. The third-order valence-corrected chi connectivity index (χ3v) is 2.50. The third kappa shape index (κ3) is 1.62. The molecule has 0 bridgehead atoms. The number of carbonyl (C=O) groups is 1. The fourth-order valence-electron chi connectivity index (χ4n) is 1.83. The van der Waals surface area contributed by atoms with E-state index in [0.717, 1.165) is 29.7 Å². The topological polar surface area (TPSA) is 29.1 Å². The summed E-state index contributed by atoms with van der Waals surface area (Å²) in [6.07, 6.45) is 2.09. The molecule has 1 aromatic carbocycles. The highest BCUT2D eigenvalue weighted by atomic mass is 19.1. The fraction of sp³-hybridized carbons (Fsp3) is 0.364. The highest BCUT2D eigenvalue weighted by molar-refractivity contribution is 5.93. The van der Waals surface area contributed by atoms with Gasteiger partial charge in [0.05, 0.1) is 0 Å². The molecule has 0 radical (unpaired) electrons. The number of aryl methyl sites for hydroxylation is 2. The summed E-state index contributed by atoms with van der Waals surface area (Å²) in [6.45, 7) is 1.81. The van der Waals surface area contributed by atoms with Crippen LogP contribution in [0.25, 0.3) is 0 Å². The van der Waals surface area contributed by atoms with Crippen molar-refractivity contribution in [2.75, 3.05) is 5.32 Å². The summed E-state index contributed by atoms with van der Waals surface area (Å²) in [5.41, 5.74) is 2.51. The third-order valence-electron chi connectivity index (χ3n) is 2.50. The second kappa shape index (κ2) is 3.40. The van der Waals surface area contributed by atoms with Crippen molar-refractivity contribution < 1.29 is 9.18 Å². The molecule has 1 amide bonds. The predicted molar refractivity (Wildman–Crippen MR) is 52.7 cm³/mol. The average Bonchev–Trinajstić information content (AvgIpc) is 2.27. The van der Waals surface area contributed by atoms with Gasteiger partial charge in [0.15, 0.2) is 0 Å². The molecule has 1 aliphatic rings. The molecule has 0 aromatic heterocycles. The molecule has 1 N–H and O–H groups in total. The standard InChI is InChI=1S/C11H12FNO/c1-7-5-9(12)6-8-3-2-4-10(14)13-11(7)8/h5-6H,2-4H2,1H3,(H,13,14). The molecule has 14 heavy (non-hydrogen) atoms. The molecule has 3 heteroatoms. The van der Waals surface area contributed by atoms with Gasteiger partial charge in [-0.2, -0.15) is 0 Å². The summed E-state index contributed by atoms with van der Waals surface area (Å²) in [4.78, 5) is 11.3. The number of carbonyl (C=O) groups excluding carboxylic acids is 1. The van der Waals surface area contributed by atoms with E-state index in [1.165, 1.54) is 12.1 Å². The maximum absolute atomic E-state index is 13.1. The van der Waals surface area contributed by atoms with Crippen LogP contribution in [0.15, 0.2) is 12.1 Å². The van der Waals surface area contributed by atoms with Gasteiger partial charge in [-0.25, -0.2) is 4.39 Å². The zero-order valence-electron chi connectivity index (χ0n) is 8.06. The molecule has 2 rings (SSSR count). The Morgan fingerprint density at radius 2 is 2.14 bits per heavy atom. The van der Waals surface area contributed by atoms with E-state index in [4.69, 9.17) is 0 Å². The number of amides is 1. The number of halogens is 1. The van der Waals surface area contributed by atoms with Crippen LogP contribution in [0, 0.1) is 12.7 Å². The van der Waals surface area contributed by atoms with Gasteiger partial charge in [-0.15, -0.1) is 0 Å². The van der Waals surface area contributed by atoms with Crippen LogP contribution in [-0.2, 0) is 11.2 Å². The summed E-state index contributed by atoms with van der Waals surface area (Å²) in [5.74, 6) is -0.198. The first-order chi connectivity index (χ1) is 6.66. The van der Waals surface area contributed by atoms with Crippen molar-refractivity contribution in [3.8, 4) is 0 Å². The lowest BCUT2D eigenvalue weighted by molar-refractivity contribution is -0.116. The maximum atomic E-state index is 13.1. The molecule has 0 saturated carbocycles. The Balaban J connectivity index is 2.50. The molecule has 1 aromatic rings. The number of anilines is 1. The van der Waals surface area contributed by atoms with Crippen molar-refractivity contribution in [2.45, 2.75) is 26.2 Å². The Morgan fingerprint density at radius 1 is 1.36 bits per heavy atom. The second-order valence-corrected chi connectivity index (χ2v) is 3.66. The average molecular weight is 193 g/mol. The molecule has 74 valence electrons. The Labute approximate surface area is 82.1 Å². The van der Waals surface area contributed by atoms with Crippen molar-refractivity contribution in [1.29, 1.82) is 0 Å². The molecule has 1 heterocycles. The molecular formula is C11H12FNO. The number of hydrogen-bond donors (Lipinski definition) is 1. The Bertz CT molecular complexity index is 387. The minimum absolute atomic E-state index is 0.0264. The van der Waals surface area contributed by atoms with Crippen LogP contribution in [0.2, 0.25) is 0 Å². The van der Waals surface area contributed by atoms with Crippen LogP contribution in [-0.4, -0.2) is 5.91 Å². The largest absolute Gasteiger partial charge is 0.326 e. The van der Waals surface area contributed by atoms with Gasteiger partial charge in [-0.05, 0) is 43.0 Å². The Kier molecular flexibility index (Phi) is 2.23. The van der Waals surface area contributed by atoms with Crippen molar-refractivity contribution in [1.82, 2.24) is 0 Å². The molecule has 0 saturated heterocycles. The van der Waals surface area contributed by atoms with Crippen LogP contribution in [0.5, 0.6) is 0 Å². The van der Waals surface area contributed by atoms with Gasteiger partial charge in [0, 0.05) is 12.1 Å². The highest BCUT2D eigenvalue weighted by Crippen LogP contribution is 2.26.